The van der Waals surface area contributed by atoms with Crippen LogP contribution in [0.25, 0.3) is 0 Å². The number of ether oxygens (including phenoxy) is 1. The molecular formula is C20H21BrO2. The maximum Gasteiger partial charge on any atom is 0.228 e. The van der Waals surface area contributed by atoms with E-state index in [0.29, 0.717) is 12.5 Å². The van der Waals surface area contributed by atoms with Gasteiger partial charge in [-0.2, -0.15) is 0 Å². The lowest BCUT2D eigenvalue weighted by Crippen LogP contribution is -2.07. The van der Waals surface area contributed by atoms with Crippen LogP contribution in [0, 0.1) is 20.8 Å². The summed E-state index contributed by atoms with van der Waals surface area (Å²) in [7, 11) is 0. The Hall–Kier alpha value is -1.61. The first-order valence-electron chi connectivity index (χ1n) is 7.99. The Balaban J connectivity index is 1.91. The summed E-state index contributed by atoms with van der Waals surface area (Å²) in [6.07, 6.45) is 2.41. The molecule has 0 radical (unpaired) electrons. The molecule has 1 aliphatic rings. The van der Waals surface area contributed by atoms with E-state index >= 15 is 0 Å². The van der Waals surface area contributed by atoms with Crippen molar-refractivity contribution in [3.8, 4) is 5.75 Å². The Labute approximate surface area is 146 Å². The van der Waals surface area contributed by atoms with Crippen molar-refractivity contribution in [2.45, 2.75) is 46.1 Å². The number of benzene rings is 2. The van der Waals surface area contributed by atoms with E-state index in [9.17, 15) is 4.79 Å². The van der Waals surface area contributed by atoms with Crippen LogP contribution in [0.4, 0.5) is 0 Å². The molecule has 120 valence electrons. The quantitative estimate of drug-likeness (QED) is 0.638. The molecular weight excluding hydrogens is 352 g/mol. The summed E-state index contributed by atoms with van der Waals surface area (Å²) in [5.41, 5.74) is 6.62. The van der Waals surface area contributed by atoms with Crippen molar-refractivity contribution in [2.24, 2.45) is 0 Å². The van der Waals surface area contributed by atoms with E-state index in [2.05, 4.69) is 54.9 Å². The summed E-state index contributed by atoms with van der Waals surface area (Å²) in [6, 6.07) is 10.2. The topological polar surface area (TPSA) is 26.3 Å². The van der Waals surface area contributed by atoms with Crippen molar-refractivity contribution >= 4 is 20.6 Å². The highest BCUT2D eigenvalue weighted by molar-refractivity contribution is 9.18. The molecule has 0 amide bonds. The molecule has 3 rings (SSSR count). The predicted octanol–water partition coefficient (Wildman–Crippen LogP) is 5.60. The molecule has 2 aromatic rings. The minimum Gasteiger partial charge on any atom is -0.489 e. The van der Waals surface area contributed by atoms with Gasteiger partial charge in [0.2, 0.25) is 4.69 Å². The summed E-state index contributed by atoms with van der Waals surface area (Å²) >= 11 is 3.10. The van der Waals surface area contributed by atoms with Crippen LogP contribution in [0.1, 0.15) is 56.9 Å². The van der Waals surface area contributed by atoms with Crippen molar-refractivity contribution in [1.29, 1.82) is 0 Å². The fourth-order valence-electron chi connectivity index (χ4n) is 2.97. The molecule has 0 saturated heterocycles. The van der Waals surface area contributed by atoms with Crippen LogP contribution in [0.15, 0.2) is 30.3 Å². The molecule has 0 spiro atoms. The molecule has 0 bridgehead atoms. The van der Waals surface area contributed by atoms with Gasteiger partial charge >= 0.3 is 0 Å². The van der Waals surface area contributed by atoms with E-state index in [1.807, 2.05) is 12.1 Å². The van der Waals surface area contributed by atoms with E-state index in [4.69, 9.17) is 4.74 Å². The molecule has 2 nitrogen and oxygen atoms in total. The first-order valence-corrected chi connectivity index (χ1v) is 8.79. The largest absolute Gasteiger partial charge is 0.489 e. The van der Waals surface area contributed by atoms with Crippen LogP contribution >= 0.6 is 15.9 Å². The Kier molecular flexibility index (Phi) is 4.58. The average molecular weight is 373 g/mol. The van der Waals surface area contributed by atoms with E-state index in [1.165, 1.54) is 29.5 Å². The van der Waals surface area contributed by atoms with Crippen LogP contribution in [0.5, 0.6) is 5.75 Å². The lowest BCUT2D eigenvalue weighted by molar-refractivity contribution is 0.109. The van der Waals surface area contributed by atoms with Crippen LogP contribution in [0.2, 0.25) is 0 Å². The van der Waals surface area contributed by atoms with Gasteiger partial charge in [-0.1, -0.05) is 24.3 Å². The number of hydrogen-bond acceptors (Lipinski definition) is 2. The lowest BCUT2D eigenvalue weighted by atomic mass is 9.99. The smallest absolute Gasteiger partial charge is 0.228 e. The molecule has 0 unspecified atom stereocenters. The Morgan fingerprint density at radius 1 is 1.13 bits per heavy atom. The maximum atomic E-state index is 11.9. The number of rotatable bonds is 5. The zero-order chi connectivity index (χ0) is 16.6. The Morgan fingerprint density at radius 2 is 1.83 bits per heavy atom. The normalized spacial score (nSPS) is 13.9. The van der Waals surface area contributed by atoms with Crippen molar-refractivity contribution in [3.63, 3.8) is 0 Å². The molecule has 1 fully saturated rings. The highest BCUT2D eigenvalue weighted by Crippen LogP contribution is 2.43. The van der Waals surface area contributed by atoms with Crippen LogP contribution < -0.4 is 4.74 Å². The van der Waals surface area contributed by atoms with Crippen molar-refractivity contribution in [3.05, 3.63) is 63.7 Å². The molecule has 0 heterocycles. The standard InChI is InChI=1S/C20H21BrO2/c1-12-9-14(3)19(10-13(12)2)23-11-18-16(15-7-8-15)5-4-6-17(18)20(21)22/h4-6,9-10,15H,7-8,11H2,1-3H3. The second-order valence-electron chi connectivity index (χ2n) is 6.41. The van der Waals surface area contributed by atoms with Gasteiger partial charge in [-0.15, -0.1) is 0 Å². The minimum atomic E-state index is -0.0737. The second kappa shape index (κ2) is 6.48. The van der Waals surface area contributed by atoms with E-state index in [1.54, 1.807) is 0 Å². The van der Waals surface area contributed by atoms with Crippen LogP contribution in [-0.4, -0.2) is 4.69 Å². The Bertz CT molecular complexity index is 760. The van der Waals surface area contributed by atoms with Crippen LogP contribution in [-0.2, 0) is 6.61 Å². The van der Waals surface area contributed by atoms with Gasteiger partial charge in [0.1, 0.15) is 12.4 Å². The summed E-state index contributed by atoms with van der Waals surface area (Å²) in [6.45, 7) is 6.69. The maximum absolute atomic E-state index is 11.9. The molecule has 0 N–H and O–H groups in total. The molecule has 23 heavy (non-hydrogen) atoms. The predicted molar refractivity (Wildman–Crippen MR) is 96.7 cm³/mol. The van der Waals surface area contributed by atoms with E-state index < -0.39 is 0 Å². The van der Waals surface area contributed by atoms with Crippen molar-refractivity contribution in [1.82, 2.24) is 0 Å². The Morgan fingerprint density at radius 3 is 2.48 bits per heavy atom. The minimum absolute atomic E-state index is 0.0737. The van der Waals surface area contributed by atoms with Gasteiger partial charge in [-0.3, -0.25) is 4.79 Å². The molecule has 1 saturated carbocycles. The van der Waals surface area contributed by atoms with Gasteiger partial charge in [0.25, 0.3) is 0 Å². The highest BCUT2D eigenvalue weighted by atomic mass is 79.9. The molecule has 0 aliphatic heterocycles. The van der Waals surface area contributed by atoms with Gasteiger partial charge in [-0.25, -0.2) is 0 Å². The lowest BCUT2D eigenvalue weighted by Gasteiger charge is -2.16. The first-order chi connectivity index (χ1) is 11.0. The molecule has 1 aliphatic carbocycles. The molecule has 0 aromatic heterocycles. The van der Waals surface area contributed by atoms with Crippen LogP contribution in [0.3, 0.4) is 0 Å². The fraction of sp³-hybridized carbons (Fsp3) is 0.350. The van der Waals surface area contributed by atoms with E-state index in [-0.39, 0.29) is 4.69 Å². The number of carbonyl (C=O) groups is 1. The zero-order valence-corrected chi connectivity index (χ0v) is 15.4. The summed E-state index contributed by atoms with van der Waals surface area (Å²) in [5, 5.41) is 0. The zero-order valence-electron chi connectivity index (χ0n) is 13.8. The number of aryl methyl sites for hydroxylation is 3. The monoisotopic (exact) mass is 372 g/mol. The molecule has 2 aromatic carbocycles. The van der Waals surface area contributed by atoms with Crippen molar-refractivity contribution < 1.29 is 9.53 Å². The van der Waals surface area contributed by atoms with Gasteiger partial charge in [0, 0.05) is 11.1 Å². The van der Waals surface area contributed by atoms with Gasteiger partial charge in [0.15, 0.2) is 0 Å². The van der Waals surface area contributed by atoms with Gasteiger partial charge in [0.05, 0.1) is 0 Å². The molecule has 3 heteroatoms. The first kappa shape index (κ1) is 16.3. The van der Waals surface area contributed by atoms with Gasteiger partial charge < -0.3 is 4.74 Å². The van der Waals surface area contributed by atoms with E-state index in [0.717, 1.165) is 22.4 Å². The third kappa shape index (κ3) is 3.50. The fourth-order valence-corrected chi connectivity index (χ4v) is 3.34. The number of hydrogen-bond donors (Lipinski definition) is 0. The van der Waals surface area contributed by atoms with Crippen molar-refractivity contribution in [2.75, 3.05) is 0 Å². The number of halogens is 1. The SMILES string of the molecule is Cc1cc(C)c(OCc2c(C(=O)Br)cccc2C2CC2)cc1C. The summed E-state index contributed by atoms with van der Waals surface area (Å²) in [4.78, 5) is 11.9. The average Bonchev–Trinajstić information content (AvgIpc) is 3.34. The second-order valence-corrected chi connectivity index (χ2v) is 7.13. The third-order valence-electron chi connectivity index (χ3n) is 4.60. The molecule has 0 atom stereocenters. The highest BCUT2D eigenvalue weighted by Gasteiger charge is 2.28. The summed E-state index contributed by atoms with van der Waals surface area (Å²) in [5.74, 6) is 1.48. The summed E-state index contributed by atoms with van der Waals surface area (Å²) < 4.78 is 6.02. The third-order valence-corrected chi connectivity index (χ3v) is 5.03. The number of carbonyl (C=O) groups excluding carboxylic acids is 1. The van der Waals surface area contributed by atoms with Gasteiger partial charge in [-0.05, 0) is 83.8 Å².